The minimum atomic E-state index is -0.620. The van der Waals surface area contributed by atoms with Crippen LogP contribution in [0.3, 0.4) is 0 Å². The molecule has 5 rings (SSSR count). The van der Waals surface area contributed by atoms with Crippen LogP contribution in [0.4, 0.5) is 0 Å². The van der Waals surface area contributed by atoms with Gasteiger partial charge in [0, 0.05) is 32.7 Å². The van der Waals surface area contributed by atoms with E-state index in [0.29, 0.717) is 13.1 Å². The van der Waals surface area contributed by atoms with Crippen LogP contribution in [0.2, 0.25) is 0 Å². The van der Waals surface area contributed by atoms with Gasteiger partial charge in [0.1, 0.15) is 11.9 Å². The zero-order chi connectivity index (χ0) is 23.5. The standard InChI is InChI=1S/C26H31N5O3/c1-19-25-28-21-9-5-6-10-22(21)31(25)23(26(33)30(19)18-20-7-3-2-4-8-20)17-24(32)27-11-12-29-13-15-34-16-14-29/h2-10,19,23H,11-18H2,1H3,(H,27,32). The summed E-state index contributed by atoms with van der Waals surface area (Å²) in [6, 6.07) is 17.0. The van der Waals surface area contributed by atoms with Crippen molar-refractivity contribution in [3.63, 3.8) is 0 Å². The number of carbonyl (C=O) groups excluding carboxylic acids is 2. The lowest BCUT2D eigenvalue weighted by Gasteiger charge is -2.38. The van der Waals surface area contributed by atoms with E-state index in [4.69, 9.17) is 9.72 Å². The van der Waals surface area contributed by atoms with Gasteiger partial charge in [0.05, 0.1) is 36.7 Å². The SMILES string of the molecule is CC1c2nc3ccccc3n2C(CC(=O)NCCN2CCOCC2)C(=O)N1Cc1ccccc1. The molecule has 0 radical (unpaired) electrons. The van der Waals surface area contributed by atoms with Crippen LogP contribution >= 0.6 is 0 Å². The van der Waals surface area contributed by atoms with Crippen molar-refractivity contribution in [1.82, 2.24) is 24.7 Å². The molecule has 0 saturated carbocycles. The van der Waals surface area contributed by atoms with E-state index in [0.717, 1.165) is 55.3 Å². The topological polar surface area (TPSA) is 79.7 Å². The molecule has 1 N–H and O–H groups in total. The molecule has 8 nitrogen and oxygen atoms in total. The first-order chi connectivity index (χ1) is 16.6. The Labute approximate surface area is 199 Å². The highest BCUT2D eigenvalue weighted by Gasteiger charge is 2.40. The average Bonchev–Trinajstić information content (AvgIpc) is 3.25. The fourth-order valence-electron chi connectivity index (χ4n) is 4.92. The molecule has 1 saturated heterocycles. The third kappa shape index (κ3) is 4.56. The minimum Gasteiger partial charge on any atom is -0.379 e. The molecule has 34 heavy (non-hydrogen) atoms. The van der Waals surface area contributed by atoms with Crippen LogP contribution in [-0.4, -0.2) is 70.6 Å². The van der Waals surface area contributed by atoms with Gasteiger partial charge >= 0.3 is 0 Å². The molecule has 2 aliphatic heterocycles. The van der Waals surface area contributed by atoms with Crippen molar-refractivity contribution in [1.29, 1.82) is 0 Å². The van der Waals surface area contributed by atoms with E-state index >= 15 is 0 Å². The number of ether oxygens (including phenoxy) is 1. The Morgan fingerprint density at radius 2 is 1.82 bits per heavy atom. The van der Waals surface area contributed by atoms with Crippen molar-refractivity contribution >= 4 is 22.8 Å². The number of hydrogen-bond donors (Lipinski definition) is 1. The molecule has 0 spiro atoms. The lowest BCUT2D eigenvalue weighted by molar-refractivity contribution is -0.142. The van der Waals surface area contributed by atoms with Gasteiger partial charge in [-0.05, 0) is 24.6 Å². The maximum atomic E-state index is 13.8. The Morgan fingerprint density at radius 1 is 1.09 bits per heavy atom. The lowest BCUT2D eigenvalue weighted by atomic mass is 10.0. The van der Waals surface area contributed by atoms with E-state index in [2.05, 4.69) is 10.2 Å². The number of amides is 2. The van der Waals surface area contributed by atoms with E-state index < -0.39 is 6.04 Å². The summed E-state index contributed by atoms with van der Waals surface area (Å²) in [7, 11) is 0. The Kier molecular flexibility index (Phi) is 6.60. The summed E-state index contributed by atoms with van der Waals surface area (Å²) in [5.74, 6) is 0.655. The molecule has 2 aromatic carbocycles. The molecule has 2 unspecified atom stereocenters. The van der Waals surface area contributed by atoms with Gasteiger partial charge in [-0.3, -0.25) is 14.5 Å². The summed E-state index contributed by atoms with van der Waals surface area (Å²) in [5, 5.41) is 3.02. The molecule has 3 aromatic rings. The second kappa shape index (κ2) is 9.95. The van der Waals surface area contributed by atoms with Crippen molar-refractivity contribution in [3.8, 4) is 0 Å². The first-order valence-electron chi connectivity index (χ1n) is 12.0. The number of aromatic nitrogens is 2. The molecular formula is C26H31N5O3. The van der Waals surface area contributed by atoms with E-state index in [-0.39, 0.29) is 24.3 Å². The number of morpholine rings is 1. The second-order valence-electron chi connectivity index (χ2n) is 8.98. The van der Waals surface area contributed by atoms with Crippen molar-refractivity contribution in [2.45, 2.75) is 32.0 Å². The third-order valence-electron chi connectivity index (χ3n) is 6.77. The van der Waals surface area contributed by atoms with Crippen LogP contribution in [0.1, 0.15) is 36.8 Å². The largest absolute Gasteiger partial charge is 0.379 e. The Balaban J connectivity index is 1.37. The molecular weight excluding hydrogens is 430 g/mol. The smallest absolute Gasteiger partial charge is 0.247 e. The van der Waals surface area contributed by atoms with Crippen molar-refractivity contribution in [2.75, 3.05) is 39.4 Å². The number of hydrogen-bond acceptors (Lipinski definition) is 5. The van der Waals surface area contributed by atoms with Gasteiger partial charge in [0.2, 0.25) is 11.8 Å². The normalized spacial score (nSPS) is 21.0. The fraction of sp³-hybridized carbons (Fsp3) is 0.423. The van der Waals surface area contributed by atoms with E-state index in [1.54, 1.807) is 0 Å². The van der Waals surface area contributed by atoms with Crippen molar-refractivity contribution in [3.05, 3.63) is 66.0 Å². The number of para-hydroxylation sites is 2. The molecule has 8 heteroatoms. The second-order valence-corrected chi connectivity index (χ2v) is 8.98. The van der Waals surface area contributed by atoms with Gasteiger partial charge in [-0.15, -0.1) is 0 Å². The zero-order valence-corrected chi connectivity index (χ0v) is 19.5. The molecule has 3 heterocycles. The van der Waals surface area contributed by atoms with Crippen LogP contribution in [0.15, 0.2) is 54.6 Å². The summed E-state index contributed by atoms with van der Waals surface area (Å²) in [6.07, 6.45) is 0.0906. The highest BCUT2D eigenvalue weighted by Crippen LogP contribution is 2.37. The minimum absolute atomic E-state index is 0.0460. The number of rotatable bonds is 7. The monoisotopic (exact) mass is 461 g/mol. The molecule has 2 amide bonds. The summed E-state index contributed by atoms with van der Waals surface area (Å²) in [6.45, 7) is 7.07. The van der Waals surface area contributed by atoms with E-state index in [9.17, 15) is 9.59 Å². The van der Waals surface area contributed by atoms with Crippen LogP contribution in [0, 0.1) is 0 Å². The Hall–Kier alpha value is -3.23. The fourth-order valence-corrected chi connectivity index (χ4v) is 4.92. The van der Waals surface area contributed by atoms with Gasteiger partial charge in [-0.25, -0.2) is 4.98 Å². The number of nitrogens with zero attached hydrogens (tertiary/aromatic N) is 4. The quantitative estimate of drug-likeness (QED) is 0.585. The predicted octanol–water partition coefficient (Wildman–Crippen LogP) is 2.52. The van der Waals surface area contributed by atoms with Gasteiger partial charge in [-0.2, -0.15) is 0 Å². The van der Waals surface area contributed by atoms with E-state index in [1.165, 1.54) is 0 Å². The highest BCUT2D eigenvalue weighted by atomic mass is 16.5. The number of imidazole rings is 1. The van der Waals surface area contributed by atoms with Gasteiger partial charge in [-0.1, -0.05) is 42.5 Å². The Bertz CT molecular complexity index is 1160. The lowest BCUT2D eigenvalue weighted by Crippen LogP contribution is -2.46. The number of benzene rings is 2. The molecule has 1 fully saturated rings. The molecule has 2 atom stereocenters. The van der Waals surface area contributed by atoms with Crippen LogP contribution in [0.5, 0.6) is 0 Å². The predicted molar refractivity (Wildman–Crippen MR) is 129 cm³/mol. The zero-order valence-electron chi connectivity index (χ0n) is 19.5. The van der Waals surface area contributed by atoms with E-state index in [1.807, 2.05) is 71.0 Å². The number of carbonyl (C=O) groups is 2. The molecule has 1 aromatic heterocycles. The molecule has 0 bridgehead atoms. The van der Waals surface area contributed by atoms with Gasteiger partial charge in [0.25, 0.3) is 0 Å². The van der Waals surface area contributed by atoms with Gasteiger partial charge in [0.15, 0.2) is 0 Å². The average molecular weight is 462 g/mol. The summed E-state index contributed by atoms with van der Waals surface area (Å²) < 4.78 is 7.36. The summed E-state index contributed by atoms with van der Waals surface area (Å²) in [4.78, 5) is 35.7. The Morgan fingerprint density at radius 3 is 2.62 bits per heavy atom. The van der Waals surface area contributed by atoms with Crippen molar-refractivity contribution in [2.24, 2.45) is 0 Å². The first kappa shape index (κ1) is 22.6. The molecule has 0 aliphatic carbocycles. The molecule has 2 aliphatic rings. The maximum absolute atomic E-state index is 13.8. The number of fused-ring (bicyclic) bond motifs is 3. The highest BCUT2D eigenvalue weighted by molar-refractivity contribution is 5.90. The number of nitrogens with one attached hydrogen (secondary N) is 1. The van der Waals surface area contributed by atoms with Crippen LogP contribution < -0.4 is 5.32 Å². The van der Waals surface area contributed by atoms with Crippen LogP contribution in [-0.2, 0) is 20.9 Å². The summed E-state index contributed by atoms with van der Waals surface area (Å²) >= 11 is 0. The maximum Gasteiger partial charge on any atom is 0.247 e. The van der Waals surface area contributed by atoms with Gasteiger partial charge < -0.3 is 19.5 Å². The molecule has 178 valence electrons. The van der Waals surface area contributed by atoms with Crippen LogP contribution in [0.25, 0.3) is 11.0 Å². The first-order valence-corrected chi connectivity index (χ1v) is 12.0. The third-order valence-corrected chi connectivity index (χ3v) is 6.77. The van der Waals surface area contributed by atoms with Crippen molar-refractivity contribution < 1.29 is 14.3 Å². The summed E-state index contributed by atoms with van der Waals surface area (Å²) in [5.41, 5.74) is 2.79.